The first-order chi connectivity index (χ1) is 7.02. The molecule has 0 aromatic heterocycles. The summed E-state index contributed by atoms with van der Waals surface area (Å²) in [5.41, 5.74) is 0. The normalized spacial score (nSPS) is 10.2. The fourth-order valence-corrected chi connectivity index (χ4v) is 1.47. The zero-order valence-electron chi connectivity index (χ0n) is 9.46. The molecule has 0 rings (SSSR count). The van der Waals surface area contributed by atoms with Crippen molar-refractivity contribution in [2.75, 3.05) is 19.0 Å². The number of carbonyl (C=O) groups is 2. The molecule has 0 saturated heterocycles. The Labute approximate surface area is 99.1 Å². The molecule has 0 aliphatic carbocycles. The van der Waals surface area contributed by atoms with Gasteiger partial charge in [-0.3, -0.25) is 4.79 Å². The molecular formula is C10H18BrNO3. The lowest BCUT2D eigenvalue weighted by Gasteiger charge is -2.24. The molecule has 0 saturated carbocycles. The van der Waals surface area contributed by atoms with Gasteiger partial charge in [-0.1, -0.05) is 15.9 Å². The highest BCUT2D eigenvalue weighted by atomic mass is 79.9. The quantitative estimate of drug-likeness (QED) is 0.701. The van der Waals surface area contributed by atoms with E-state index in [2.05, 4.69) is 20.7 Å². The first-order valence-electron chi connectivity index (χ1n) is 4.95. The lowest BCUT2D eigenvalue weighted by atomic mass is 10.2. The maximum atomic E-state index is 11.3. The number of amides is 1. The monoisotopic (exact) mass is 279 g/mol. The van der Waals surface area contributed by atoms with Gasteiger partial charge in [0.05, 0.1) is 12.4 Å². The van der Waals surface area contributed by atoms with Gasteiger partial charge in [-0.2, -0.15) is 0 Å². The number of alkyl halides is 1. The van der Waals surface area contributed by atoms with E-state index in [0.717, 1.165) is 0 Å². The minimum atomic E-state index is -0.337. The van der Waals surface area contributed by atoms with Gasteiger partial charge < -0.3 is 9.64 Å². The molecule has 0 fully saturated rings. The highest BCUT2D eigenvalue weighted by molar-refractivity contribution is 9.09. The Bertz CT molecular complexity index is 219. The largest absolute Gasteiger partial charge is 0.453 e. The minimum absolute atomic E-state index is 0.0940. The van der Waals surface area contributed by atoms with Crippen molar-refractivity contribution in [3.63, 3.8) is 0 Å². The van der Waals surface area contributed by atoms with Crippen molar-refractivity contribution in [2.45, 2.75) is 32.7 Å². The molecule has 0 bridgehead atoms. The molecule has 0 aliphatic heterocycles. The first kappa shape index (κ1) is 14.4. The van der Waals surface area contributed by atoms with E-state index in [9.17, 15) is 9.59 Å². The molecule has 0 aliphatic rings. The third kappa shape index (κ3) is 5.77. The Morgan fingerprint density at radius 1 is 1.40 bits per heavy atom. The summed E-state index contributed by atoms with van der Waals surface area (Å²) in [6.07, 6.45) is 0.833. The lowest BCUT2D eigenvalue weighted by Crippen LogP contribution is -2.37. The fraction of sp³-hybridized carbons (Fsp3) is 0.800. The Morgan fingerprint density at radius 3 is 2.40 bits per heavy atom. The standard InChI is InChI=1S/C10H18BrNO3/c1-8(2)12(10(14)15-3)6-4-5-9(13)7-11/h8H,4-7H2,1-3H3. The summed E-state index contributed by atoms with van der Waals surface area (Å²) in [7, 11) is 1.36. The average Bonchev–Trinajstić information content (AvgIpc) is 2.22. The van der Waals surface area contributed by atoms with Crippen molar-refractivity contribution in [1.82, 2.24) is 4.90 Å². The van der Waals surface area contributed by atoms with Crippen molar-refractivity contribution in [3.05, 3.63) is 0 Å². The molecule has 0 atom stereocenters. The van der Waals surface area contributed by atoms with Gasteiger partial charge in [0, 0.05) is 19.0 Å². The first-order valence-corrected chi connectivity index (χ1v) is 6.07. The van der Waals surface area contributed by atoms with Crippen LogP contribution in [0.4, 0.5) is 4.79 Å². The Morgan fingerprint density at radius 2 is 2.00 bits per heavy atom. The van der Waals surface area contributed by atoms with Crippen LogP contribution >= 0.6 is 15.9 Å². The molecule has 0 heterocycles. The van der Waals surface area contributed by atoms with Gasteiger partial charge in [0.15, 0.2) is 0 Å². The van der Waals surface area contributed by atoms with Gasteiger partial charge in [-0.05, 0) is 20.3 Å². The maximum Gasteiger partial charge on any atom is 0.409 e. The average molecular weight is 280 g/mol. The minimum Gasteiger partial charge on any atom is -0.453 e. The summed E-state index contributed by atoms with van der Waals surface area (Å²) in [6, 6.07) is 0.0940. The Kier molecular flexibility index (Phi) is 7.38. The van der Waals surface area contributed by atoms with Crippen LogP contribution in [0.3, 0.4) is 0 Å². The van der Waals surface area contributed by atoms with Crippen molar-refractivity contribution in [2.24, 2.45) is 0 Å². The van der Waals surface area contributed by atoms with E-state index in [-0.39, 0.29) is 17.9 Å². The number of ketones is 1. The number of ether oxygens (including phenoxy) is 1. The van der Waals surface area contributed by atoms with E-state index in [1.165, 1.54) is 7.11 Å². The van der Waals surface area contributed by atoms with E-state index >= 15 is 0 Å². The number of Topliss-reactive ketones (excluding diaryl/α,β-unsaturated/α-hetero) is 1. The van der Waals surface area contributed by atoms with Gasteiger partial charge in [-0.15, -0.1) is 0 Å². The summed E-state index contributed by atoms with van der Waals surface area (Å²) < 4.78 is 4.65. The second-order valence-corrected chi connectivity index (χ2v) is 4.09. The van der Waals surface area contributed by atoms with Gasteiger partial charge in [0.2, 0.25) is 0 Å². The molecule has 0 radical (unpaired) electrons. The fourth-order valence-electron chi connectivity index (χ4n) is 1.19. The van der Waals surface area contributed by atoms with Crippen LogP contribution in [0.2, 0.25) is 0 Å². The smallest absolute Gasteiger partial charge is 0.409 e. The summed E-state index contributed by atoms with van der Waals surface area (Å²) in [5, 5.41) is 0.382. The SMILES string of the molecule is COC(=O)N(CCCC(=O)CBr)C(C)C. The summed E-state index contributed by atoms with van der Waals surface area (Å²) in [6.45, 7) is 4.40. The summed E-state index contributed by atoms with van der Waals surface area (Å²) in [4.78, 5) is 23.9. The third-order valence-electron chi connectivity index (χ3n) is 2.04. The maximum absolute atomic E-state index is 11.3. The van der Waals surface area contributed by atoms with Gasteiger partial charge in [0.25, 0.3) is 0 Å². The van der Waals surface area contributed by atoms with Crippen molar-refractivity contribution >= 4 is 27.8 Å². The molecule has 0 aromatic rings. The molecule has 5 heteroatoms. The van der Waals surface area contributed by atoms with E-state index < -0.39 is 0 Å². The van der Waals surface area contributed by atoms with E-state index in [1.807, 2.05) is 13.8 Å². The highest BCUT2D eigenvalue weighted by Gasteiger charge is 2.16. The number of hydrogen-bond donors (Lipinski definition) is 0. The van der Waals surface area contributed by atoms with E-state index in [4.69, 9.17) is 0 Å². The molecule has 1 amide bonds. The molecule has 15 heavy (non-hydrogen) atoms. The summed E-state index contributed by atoms with van der Waals surface area (Å²) in [5.74, 6) is 0.156. The van der Waals surface area contributed by atoms with Crippen LogP contribution in [0.5, 0.6) is 0 Å². The predicted octanol–water partition coefficient (Wildman–Crippen LogP) is 2.21. The number of methoxy groups -OCH3 is 1. The molecule has 0 aromatic carbocycles. The second-order valence-electron chi connectivity index (χ2n) is 3.53. The number of carbonyl (C=O) groups excluding carboxylic acids is 2. The van der Waals surface area contributed by atoms with E-state index in [1.54, 1.807) is 4.90 Å². The number of rotatable bonds is 6. The zero-order valence-corrected chi connectivity index (χ0v) is 11.0. The molecular weight excluding hydrogens is 262 g/mol. The van der Waals surface area contributed by atoms with Crippen molar-refractivity contribution in [1.29, 1.82) is 0 Å². The lowest BCUT2D eigenvalue weighted by molar-refractivity contribution is -0.116. The van der Waals surface area contributed by atoms with Crippen molar-refractivity contribution < 1.29 is 14.3 Å². The van der Waals surface area contributed by atoms with Crippen molar-refractivity contribution in [3.8, 4) is 0 Å². The number of halogens is 1. The Hall–Kier alpha value is -0.580. The van der Waals surface area contributed by atoms with Gasteiger partial charge >= 0.3 is 6.09 Å². The van der Waals surface area contributed by atoms with Crippen LogP contribution in [-0.2, 0) is 9.53 Å². The predicted molar refractivity (Wildman–Crippen MR) is 62.3 cm³/mol. The topological polar surface area (TPSA) is 46.6 Å². The van der Waals surface area contributed by atoms with Crippen LogP contribution in [0.1, 0.15) is 26.7 Å². The highest BCUT2D eigenvalue weighted by Crippen LogP contribution is 2.04. The number of nitrogens with zero attached hydrogens (tertiary/aromatic N) is 1. The van der Waals surface area contributed by atoms with Crippen LogP contribution in [0.25, 0.3) is 0 Å². The second kappa shape index (κ2) is 7.68. The molecule has 0 unspecified atom stereocenters. The molecule has 0 N–H and O–H groups in total. The third-order valence-corrected chi connectivity index (χ3v) is 2.66. The Balaban J connectivity index is 3.97. The molecule has 0 spiro atoms. The van der Waals surface area contributed by atoms with Crippen LogP contribution in [-0.4, -0.2) is 41.8 Å². The molecule has 88 valence electrons. The summed E-state index contributed by atoms with van der Waals surface area (Å²) >= 11 is 3.10. The zero-order chi connectivity index (χ0) is 11.8. The van der Waals surface area contributed by atoms with Crippen LogP contribution in [0.15, 0.2) is 0 Å². The van der Waals surface area contributed by atoms with Crippen LogP contribution in [0, 0.1) is 0 Å². The van der Waals surface area contributed by atoms with Crippen LogP contribution < -0.4 is 0 Å². The van der Waals surface area contributed by atoms with Gasteiger partial charge in [-0.25, -0.2) is 4.79 Å². The number of hydrogen-bond acceptors (Lipinski definition) is 3. The van der Waals surface area contributed by atoms with E-state index in [0.29, 0.717) is 24.7 Å². The molecule has 4 nitrogen and oxygen atoms in total. The van der Waals surface area contributed by atoms with Gasteiger partial charge in [0.1, 0.15) is 5.78 Å².